The zero-order valence-electron chi connectivity index (χ0n) is 12.8. The number of hydrogen-bond donors (Lipinski definition) is 2. The largest absolute Gasteiger partial charge is 0.497 e. The van der Waals surface area contributed by atoms with Gasteiger partial charge in [0.25, 0.3) is 15.6 Å². The van der Waals surface area contributed by atoms with Gasteiger partial charge in [0.2, 0.25) is 0 Å². The van der Waals surface area contributed by atoms with Crippen LogP contribution in [0.4, 0.5) is 5.69 Å². The normalized spacial score (nSPS) is 11.5. The van der Waals surface area contributed by atoms with Crippen molar-refractivity contribution in [2.45, 2.75) is 4.90 Å². The second-order valence-electron chi connectivity index (χ2n) is 5.15. The van der Waals surface area contributed by atoms with Crippen LogP contribution in [-0.4, -0.2) is 20.5 Å². The van der Waals surface area contributed by atoms with Crippen molar-refractivity contribution in [3.05, 3.63) is 61.8 Å². The summed E-state index contributed by atoms with van der Waals surface area (Å²) in [5.74, 6) is 0.598. The average Bonchev–Trinajstić information content (AvgIpc) is 2.54. The smallest absolute Gasteiger partial charge is 0.269 e. The van der Waals surface area contributed by atoms with Gasteiger partial charge < -0.3 is 9.72 Å². The van der Waals surface area contributed by atoms with E-state index in [2.05, 4.69) is 41.6 Å². The molecule has 3 rings (SSSR count). The maximum atomic E-state index is 12.6. The molecule has 0 aliphatic carbocycles. The molecule has 2 N–H and O–H groups in total. The molecule has 0 spiro atoms. The Hall–Kier alpha value is -1.84. The van der Waals surface area contributed by atoms with Crippen LogP contribution in [-0.2, 0) is 10.0 Å². The lowest BCUT2D eigenvalue weighted by Gasteiger charge is -2.10. The number of aromatic amines is 1. The Morgan fingerprint density at radius 2 is 1.76 bits per heavy atom. The number of hydrogen-bond acceptors (Lipinski definition) is 4. The molecule has 2 aromatic carbocycles. The van der Waals surface area contributed by atoms with E-state index in [9.17, 15) is 13.2 Å². The van der Waals surface area contributed by atoms with Crippen LogP contribution in [0, 0.1) is 0 Å². The topological polar surface area (TPSA) is 88.3 Å². The van der Waals surface area contributed by atoms with Gasteiger partial charge in [-0.2, -0.15) is 0 Å². The van der Waals surface area contributed by atoms with Crippen molar-refractivity contribution in [2.75, 3.05) is 11.8 Å². The molecule has 0 radical (unpaired) electrons. The summed E-state index contributed by atoms with van der Waals surface area (Å²) in [6.45, 7) is 0. The van der Waals surface area contributed by atoms with Gasteiger partial charge in [0.05, 0.1) is 12.6 Å². The lowest BCUT2D eigenvalue weighted by atomic mass is 10.2. The standard InChI is InChI=1S/C16H12Br2N2O4S/c1-24-11-4-2-10(3-5-11)20-25(22,23)15-8-12-13(18)6-9(17)7-14(12)19-16(15)21/h2-8,20H,1H3,(H,19,21). The minimum Gasteiger partial charge on any atom is -0.497 e. The van der Waals surface area contributed by atoms with E-state index in [4.69, 9.17) is 4.74 Å². The molecule has 0 aliphatic rings. The first-order valence-electron chi connectivity index (χ1n) is 6.99. The van der Waals surface area contributed by atoms with Crippen LogP contribution >= 0.6 is 31.9 Å². The van der Waals surface area contributed by atoms with E-state index < -0.39 is 15.6 Å². The van der Waals surface area contributed by atoms with Gasteiger partial charge in [-0.15, -0.1) is 0 Å². The molecule has 25 heavy (non-hydrogen) atoms. The summed E-state index contributed by atoms with van der Waals surface area (Å²) in [6.07, 6.45) is 0. The summed E-state index contributed by atoms with van der Waals surface area (Å²) >= 11 is 6.70. The highest BCUT2D eigenvalue weighted by Crippen LogP contribution is 2.28. The predicted molar refractivity (Wildman–Crippen MR) is 104 cm³/mol. The maximum Gasteiger partial charge on any atom is 0.269 e. The van der Waals surface area contributed by atoms with E-state index in [0.29, 0.717) is 26.8 Å². The number of ether oxygens (including phenoxy) is 1. The molecule has 0 saturated carbocycles. The average molecular weight is 488 g/mol. The Bertz CT molecular complexity index is 1110. The minimum atomic E-state index is -4.05. The maximum absolute atomic E-state index is 12.6. The molecule has 6 nitrogen and oxygen atoms in total. The van der Waals surface area contributed by atoms with Crippen LogP contribution in [0.5, 0.6) is 5.75 Å². The van der Waals surface area contributed by atoms with Gasteiger partial charge in [-0.05, 0) is 42.5 Å². The van der Waals surface area contributed by atoms with Crippen molar-refractivity contribution >= 4 is 58.5 Å². The first kappa shape index (κ1) is 18.0. The molecule has 130 valence electrons. The number of aromatic nitrogens is 1. The summed E-state index contributed by atoms with van der Waals surface area (Å²) < 4.78 is 34.1. The number of pyridine rings is 1. The third kappa shape index (κ3) is 3.73. The lowest BCUT2D eigenvalue weighted by Crippen LogP contribution is -2.23. The number of rotatable bonds is 4. The predicted octanol–water partition coefficient (Wildman–Crippen LogP) is 3.86. The van der Waals surface area contributed by atoms with Gasteiger partial charge in [0.15, 0.2) is 4.90 Å². The fourth-order valence-electron chi connectivity index (χ4n) is 2.28. The molecular formula is C16H12Br2N2O4S. The van der Waals surface area contributed by atoms with Crippen molar-refractivity contribution in [3.63, 3.8) is 0 Å². The van der Waals surface area contributed by atoms with Gasteiger partial charge in [-0.3, -0.25) is 9.52 Å². The van der Waals surface area contributed by atoms with Gasteiger partial charge in [-0.1, -0.05) is 31.9 Å². The Morgan fingerprint density at radius 3 is 2.40 bits per heavy atom. The summed E-state index contributed by atoms with van der Waals surface area (Å²) in [7, 11) is -2.53. The van der Waals surface area contributed by atoms with E-state index in [1.54, 1.807) is 36.4 Å². The quantitative estimate of drug-likeness (QED) is 0.584. The summed E-state index contributed by atoms with van der Waals surface area (Å²) in [5.41, 5.74) is 0.156. The summed E-state index contributed by atoms with van der Waals surface area (Å²) in [4.78, 5) is 14.5. The van der Waals surface area contributed by atoms with Crippen molar-refractivity contribution in [1.82, 2.24) is 4.98 Å². The Labute approximate surface area is 160 Å². The van der Waals surface area contributed by atoms with Crippen LogP contribution in [0.25, 0.3) is 10.9 Å². The number of halogens is 2. The van der Waals surface area contributed by atoms with Crippen LogP contribution in [0.3, 0.4) is 0 Å². The van der Waals surface area contributed by atoms with E-state index >= 15 is 0 Å². The van der Waals surface area contributed by atoms with E-state index in [1.165, 1.54) is 13.2 Å². The fraction of sp³-hybridized carbons (Fsp3) is 0.0625. The first-order valence-corrected chi connectivity index (χ1v) is 10.1. The highest BCUT2D eigenvalue weighted by atomic mass is 79.9. The van der Waals surface area contributed by atoms with Gasteiger partial charge in [0.1, 0.15) is 5.75 Å². The molecule has 0 bridgehead atoms. The Balaban J connectivity index is 2.07. The van der Waals surface area contributed by atoms with Crippen LogP contribution in [0.1, 0.15) is 0 Å². The van der Waals surface area contributed by atoms with Gasteiger partial charge in [0, 0.05) is 20.0 Å². The molecule has 3 aromatic rings. The van der Waals surface area contributed by atoms with Crippen LogP contribution < -0.4 is 15.0 Å². The zero-order chi connectivity index (χ0) is 18.2. The molecule has 0 atom stereocenters. The molecule has 0 aliphatic heterocycles. The van der Waals surface area contributed by atoms with E-state index in [-0.39, 0.29) is 4.90 Å². The number of nitrogens with one attached hydrogen (secondary N) is 2. The second kappa shape index (κ2) is 6.81. The van der Waals surface area contributed by atoms with Crippen molar-refractivity contribution in [1.29, 1.82) is 0 Å². The monoisotopic (exact) mass is 486 g/mol. The highest BCUT2D eigenvalue weighted by Gasteiger charge is 2.20. The Kier molecular flexibility index (Phi) is 4.90. The second-order valence-corrected chi connectivity index (χ2v) is 8.57. The minimum absolute atomic E-state index is 0.329. The van der Waals surface area contributed by atoms with Crippen molar-refractivity contribution in [2.24, 2.45) is 0 Å². The fourth-order valence-corrected chi connectivity index (χ4v) is 4.75. The third-order valence-corrected chi connectivity index (χ3v) is 5.97. The number of sulfonamides is 1. The molecular weight excluding hydrogens is 476 g/mol. The molecule has 1 aromatic heterocycles. The first-order chi connectivity index (χ1) is 11.8. The van der Waals surface area contributed by atoms with Crippen LogP contribution in [0.2, 0.25) is 0 Å². The SMILES string of the molecule is COc1ccc(NS(=O)(=O)c2cc3c(Br)cc(Br)cc3[nH]c2=O)cc1. The molecule has 1 heterocycles. The van der Waals surface area contributed by atoms with E-state index in [1.807, 2.05) is 0 Å². The zero-order valence-corrected chi connectivity index (χ0v) is 16.8. The van der Waals surface area contributed by atoms with E-state index in [0.717, 1.165) is 4.47 Å². The molecule has 0 amide bonds. The summed E-state index contributed by atoms with van der Waals surface area (Å²) in [6, 6.07) is 11.2. The number of fused-ring (bicyclic) bond motifs is 1. The molecule has 0 unspecified atom stereocenters. The number of methoxy groups -OCH3 is 1. The third-order valence-electron chi connectivity index (χ3n) is 3.47. The van der Waals surface area contributed by atoms with Gasteiger partial charge in [-0.25, -0.2) is 8.42 Å². The number of H-pyrrole nitrogens is 1. The molecule has 0 saturated heterocycles. The van der Waals surface area contributed by atoms with Crippen molar-refractivity contribution in [3.8, 4) is 5.75 Å². The summed E-state index contributed by atoms with van der Waals surface area (Å²) in [5, 5.41) is 0.581. The molecule has 0 fully saturated rings. The number of anilines is 1. The highest BCUT2D eigenvalue weighted by molar-refractivity contribution is 9.11. The number of benzene rings is 2. The van der Waals surface area contributed by atoms with Gasteiger partial charge >= 0.3 is 0 Å². The Morgan fingerprint density at radius 1 is 1.08 bits per heavy atom. The van der Waals surface area contributed by atoms with Crippen molar-refractivity contribution < 1.29 is 13.2 Å². The lowest BCUT2D eigenvalue weighted by molar-refractivity contribution is 0.415. The van der Waals surface area contributed by atoms with Crippen LogP contribution in [0.15, 0.2) is 61.1 Å². The molecule has 9 heteroatoms.